The van der Waals surface area contributed by atoms with Crippen LogP contribution in [-0.4, -0.2) is 13.1 Å². The molecular formula is C36H29FN2O6. The van der Waals surface area contributed by atoms with E-state index >= 15 is 0 Å². The van der Waals surface area contributed by atoms with Gasteiger partial charge in [0.15, 0.2) is 11.5 Å². The Labute approximate surface area is 259 Å². The van der Waals surface area contributed by atoms with Gasteiger partial charge in [-0.3, -0.25) is 0 Å². The molecule has 1 aliphatic heterocycles. The van der Waals surface area contributed by atoms with Gasteiger partial charge in [-0.15, -0.1) is 0 Å². The van der Waals surface area contributed by atoms with Gasteiger partial charge in [0.05, 0.1) is 13.0 Å². The van der Waals surface area contributed by atoms with E-state index in [2.05, 4.69) is 13.0 Å². The number of nitrogens with two attached hydrogens (primary N) is 1. The van der Waals surface area contributed by atoms with Crippen LogP contribution in [0.4, 0.5) is 4.39 Å². The monoisotopic (exact) mass is 604 g/mol. The highest BCUT2D eigenvalue weighted by molar-refractivity contribution is 5.97. The molecule has 8 nitrogen and oxygen atoms in total. The number of nitriles is 1. The zero-order valence-corrected chi connectivity index (χ0v) is 24.8. The number of fused-ring (bicyclic) bond motifs is 2. The van der Waals surface area contributed by atoms with E-state index in [-0.39, 0.29) is 35.4 Å². The number of carbonyl (C=O) groups is 1. The summed E-state index contributed by atoms with van der Waals surface area (Å²) in [5.74, 6) is -0.234. The minimum atomic E-state index is -0.647. The van der Waals surface area contributed by atoms with Gasteiger partial charge in [-0.1, -0.05) is 43.3 Å². The lowest BCUT2D eigenvalue weighted by molar-refractivity contribution is 0.0702. The summed E-state index contributed by atoms with van der Waals surface area (Å²) in [5.41, 5.74) is 10.6. The summed E-state index contributed by atoms with van der Waals surface area (Å²) in [7, 11) is 1.50. The molecule has 1 aliphatic rings. The molecule has 0 radical (unpaired) electrons. The number of benzene rings is 4. The molecule has 1 unspecified atom stereocenters. The fourth-order valence-corrected chi connectivity index (χ4v) is 5.43. The van der Waals surface area contributed by atoms with Gasteiger partial charge >= 0.3 is 5.97 Å². The number of aryl methyl sites for hydroxylation is 2. The Morgan fingerprint density at radius 3 is 2.62 bits per heavy atom. The van der Waals surface area contributed by atoms with Crippen LogP contribution in [0.15, 0.2) is 94.7 Å². The molecule has 0 saturated carbocycles. The van der Waals surface area contributed by atoms with Crippen LogP contribution in [0, 0.1) is 24.1 Å². The van der Waals surface area contributed by atoms with Crippen LogP contribution in [0.25, 0.3) is 11.0 Å². The topological polar surface area (TPSA) is 117 Å². The van der Waals surface area contributed by atoms with Crippen LogP contribution in [0.5, 0.6) is 23.0 Å². The number of methoxy groups -OCH3 is 1. The van der Waals surface area contributed by atoms with Crippen molar-refractivity contribution >= 4 is 16.9 Å². The third kappa shape index (κ3) is 5.54. The van der Waals surface area contributed by atoms with Crippen LogP contribution in [0.2, 0.25) is 0 Å². The van der Waals surface area contributed by atoms with Gasteiger partial charge in [-0.05, 0) is 60.9 Å². The van der Waals surface area contributed by atoms with Crippen molar-refractivity contribution in [2.45, 2.75) is 32.8 Å². The lowest BCUT2D eigenvalue weighted by atomic mass is 9.83. The number of allylic oxidation sites excluding steroid dienone is 1. The van der Waals surface area contributed by atoms with Crippen molar-refractivity contribution in [3.63, 3.8) is 0 Å². The van der Waals surface area contributed by atoms with E-state index in [0.717, 1.165) is 17.4 Å². The molecule has 4 aromatic carbocycles. The molecule has 226 valence electrons. The molecule has 0 amide bonds. The third-order valence-corrected chi connectivity index (χ3v) is 7.86. The maximum Gasteiger partial charge on any atom is 0.379 e. The maximum atomic E-state index is 14.1. The predicted octanol–water partition coefficient (Wildman–Crippen LogP) is 7.47. The van der Waals surface area contributed by atoms with Gasteiger partial charge in [-0.2, -0.15) is 5.26 Å². The molecular weight excluding hydrogens is 575 g/mol. The summed E-state index contributed by atoms with van der Waals surface area (Å²) >= 11 is 0. The van der Waals surface area contributed by atoms with E-state index < -0.39 is 11.9 Å². The van der Waals surface area contributed by atoms with Crippen molar-refractivity contribution < 1.29 is 32.5 Å². The minimum Gasteiger partial charge on any atom is -0.493 e. The van der Waals surface area contributed by atoms with Gasteiger partial charge < -0.3 is 29.1 Å². The standard InChI is InChI=1S/C36H29FN2O6/c1-4-21-9-13-29-26(15-21)20(2)34(44-29)36(40)43-24-11-12-25-31(17-24)45-35(39)27(18-38)33(25)22-10-14-30(32(16-22)41-3)42-19-23-7-5-6-8-28(23)37/h5-17,33H,4,19,39H2,1-3H3. The zero-order chi connectivity index (χ0) is 31.7. The van der Waals surface area contributed by atoms with E-state index in [1.807, 2.05) is 25.1 Å². The number of hydrogen-bond donors (Lipinski definition) is 1. The molecule has 0 fully saturated rings. The predicted molar refractivity (Wildman–Crippen MR) is 165 cm³/mol. The highest BCUT2D eigenvalue weighted by Crippen LogP contribution is 2.45. The number of nitrogens with zero attached hydrogens (tertiary/aromatic N) is 1. The van der Waals surface area contributed by atoms with E-state index in [1.165, 1.54) is 13.2 Å². The van der Waals surface area contributed by atoms with Gasteiger partial charge in [0.1, 0.15) is 41.1 Å². The minimum absolute atomic E-state index is 0.00755. The average molecular weight is 605 g/mol. The molecule has 0 aliphatic carbocycles. The zero-order valence-electron chi connectivity index (χ0n) is 24.8. The van der Waals surface area contributed by atoms with Crippen molar-refractivity contribution in [2.75, 3.05) is 7.11 Å². The fraction of sp³-hybridized carbons (Fsp3) is 0.167. The van der Waals surface area contributed by atoms with Crippen LogP contribution < -0.4 is 24.7 Å². The normalized spacial score (nSPS) is 14.0. The van der Waals surface area contributed by atoms with Crippen molar-refractivity contribution in [3.8, 4) is 29.1 Å². The molecule has 1 aromatic heterocycles. The van der Waals surface area contributed by atoms with E-state index in [1.54, 1.807) is 54.6 Å². The average Bonchev–Trinajstić information content (AvgIpc) is 3.39. The Morgan fingerprint density at radius 1 is 1.04 bits per heavy atom. The summed E-state index contributed by atoms with van der Waals surface area (Å²) in [6.45, 7) is 3.89. The van der Waals surface area contributed by atoms with Gasteiger partial charge in [0.25, 0.3) is 0 Å². The number of hydrogen-bond acceptors (Lipinski definition) is 8. The summed E-state index contributed by atoms with van der Waals surface area (Å²) in [6.07, 6.45) is 0.863. The lowest BCUT2D eigenvalue weighted by Gasteiger charge is -2.27. The second-order valence-corrected chi connectivity index (χ2v) is 10.5. The molecule has 45 heavy (non-hydrogen) atoms. The van der Waals surface area contributed by atoms with Crippen LogP contribution in [-0.2, 0) is 13.0 Å². The quantitative estimate of drug-likeness (QED) is 0.143. The summed E-state index contributed by atoms with van der Waals surface area (Å²) in [4.78, 5) is 13.2. The first-order chi connectivity index (χ1) is 21.8. The van der Waals surface area contributed by atoms with Crippen molar-refractivity contribution in [1.29, 1.82) is 5.26 Å². The molecule has 9 heteroatoms. The molecule has 6 rings (SSSR count). The molecule has 5 aromatic rings. The van der Waals surface area contributed by atoms with Crippen LogP contribution in [0.3, 0.4) is 0 Å². The van der Waals surface area contributed by atoms with E-state index in [0.29, 0.717) is 45.1 Å². The second-order valence-electron chi connectivity index (χ2n) is 10.5. The number of carbonyl (C=O) groups excluding carboxylic acids is 1. The molecule has 0 saturated heterocycles. The van der Waals surface area contributed by atoms with Crippen molar-refractivity contribution in [3.05, 3.63) is 130 Å². The largest absolute Gasteiger partial charge is 0.493 e. The third-order valence-electron chi connectivity index (χ3n) is 7.86. The molecule has 0 spiro atoms. The Hall–Kier alpha value is -5.75. The first-order valence-electron chi connectivity index (χ1n) is 14.3. The number of halogens is 1. The Kier molecular flexibility index (Phi) is 7.88. The lowest BCUT2D eigenvalue weighted by Crippen LogP contribution is -2.21. The number of rotatable bonds is 8. The first-order valence-corrected chi connectivity index (χ1v) is 14.3. The maximum absolute atomic E-state index is 14.1. The SMILES string of the molecule is CCc1ccc2oc(C(=O)Oc3ccc4c(c3)OC(N)=C(C#N)C4c3ccc(OCc4ccccc4F)c(OC)c3)c(C)c2c1. The summed E-state index contributed by atoms with van der Waals surface area (Å²) in [5, 5.41) is 10.9. The second kappa shape index (κ2) is 12.1. The molecule has 2 heterocycles. The highest BCUT2D eigenvalue weighted by atomic mass is 19.1. The molecule has 0 bridgehead atoms. The summed E-state index contributed by atoms with van der Waals surface area (Å²) in [6, 6.07) is 24.5. The van der Waals surface area contributed by atoms with Crippen molar-refractivity contribution in [1.82, 2.24) is 0 Å². The summed E-state index contributed by atoms with van der Waals surface area (Å²) < 4.78 is 42.9. The first kappa shape index (κ1) is 29.3. The van der Waals surface area contributed by atoms with E-state index in [9.17, 15) is 14.4 Å². The molecule has 2 N–H and O–H groups in total. The Morgan fingerprint density at radius 2 is 1.87 bits per heavy atom. The van der Waals surface area contributed by atoms with Gasteiger partial charge in [0, 0.05) is 28.1 Å². The van der Waals surface area contributed by atoms with Crippen molar-refractivity contribution in [2.24, 2.45) is 5.73 Å². The highest BCUT2D eigenvalue weighted by Gasteiger charge is 2.32. The van der Waals surface area contributed by atoms with Gasteiger partial charge in [-0.25, -0.2) is 9.18 Å². The van der Waals surface area contributed by atoms with Gasteiger partial charge in [0.2, 0.25) is 11.6 Å². The molecule has 1 atom stereocenters. The Balaban J connectivity index is 1.28. The van der Waals surface area contributed by atoms with E-state index in [4.69, 9.17) is 29.1 Å². The number of esters is 1. The fourth-order valence-electron chi connectivity index (χ4n) is 5.43. The van der Waals surface area contributed by atoms with Crippen LogP contribution in [0.1, 0.15) is 51.2 Å². The smallest absolute Gasteiger partial charge is 0.379 e. The number of ether oxygens (including phenoxy) is 4. The Bertz CT molecular complexity index is 2020. The number of furan rings is 1. The van der Waals surface area contributed by atoms with Crippen LogP contribution >= 0.6 is 0 Å².